The summed E-state index contributed by atoms with van der Waals surface area (Å²) in [6.45, 7) is 6.10. The summed E-state index contributed by atoms with van der Waals surface area (Å²) in [5.74, 6) is 1.47. The molecule has 2 saturated heterocycles. The average molecular weight is 483 g/mol. The van der Waals surface area contributed by atoms with Gasteiger partial charge in [-0.3, -0.25) is 0 Å². The number of likely N-dealkylation sites (tertiary alicyclic amines) is 1. The number of pyridine rings is 1. The molecule has 1 N–H and O–H groups in total. The van der Waals surface area contributed by atoms with Crippen molar-refractivity contribution < 1.29 is 19.0 Å². The first kappa shape index (κ1) is 22.8. The maximum absolute atomic E-state index is 12.7. The molecule has 3 aliphatic rings. The van der Waals surface area contributed by atoms with Crippen LogP contribution in [0.3, 0.4) is 0 Å². The number of carbonyl (C=O) groups excluding carboxylic acids is 1. The van der Waals surface area contributed by atoms with Crippen molar-refractivity contribution in [2.45, 2.75) is 38.4 Å². The Labute approximate surface area is 203 Å². The van der Waals surface area contributed by atoms with E-state index in [1.54, 1.807) is 29.3 Å². The van der Waals surface area contributed by atoms with Gasteiger partial charge in [-0.1, -0.05) is 11.6 Å². The van der Waals surface area contributed by atoms with Gasteiger partial charge in [0.15, 0.2) is 0 Å². The number of carbonyl (C=O) groups is 1. The van der Waals surface area contributed by atoms with Crippen LogP contribution in [0.1, 0.15) is 30.9 Å². The number of hydrogen-bond donors (Lipinski definition) is 1. The fourth-order valence-electron chi connectivity index (χ4n) is 4.53. The van der Waals surface area contributed by atoms with Crippen LogP contribution >= 0.6 is 11.6 Å². The van der Waals surface area contributed by atoms with E-state index in [4.69, 9.17) is 31.1 Å². The highest BCUT2D eigenvalue weighted by molar-refractivity contribution is 6.33. The lowest BCUT2D eigenvalue weighted by Gasteiger charge is -2.46. The molecule has 2 aromatic rings. The molecule has 2 aliphatic heterocycles. The summed E-state index contributed by atoms with van der Waals surface area (Å²) in [5, 5.41) is 12.7. The molecule has 5 rings (SSSR count). The second kappa shape index (κ2) is 8.97. The summed E-state index contributed by atoms with van der Waals surface area (Å²) in [5.41, 5.74) is 1.72. The van der Waals surface area contributed by atoms with Gasteiger partial charge in [0.1, 0.15) is 23.3 Å². The Kier molecular flexibility index (Phi) is 6.00. The third-order valence-corrected chi connectivity index (χ3v) is 7.13. The summed E-state index contributed by atoms with van der Waals surface area (Å²) >= 11 is 6.32. The SMILES string of the molecule is Cc1c(OC2C3COCC2CN(C(=O)OC2(C)CC2)C3)ccnc1Nc1ccc(C#N)cc1Cl. The molecular weight excluding hydrogens is 456 g/mol. The Bertz CT molecular complexity index is 1130. The standard InChI is InChI=1S/C25H27ClN4O4/c1-15-21(5-8-28-23(15)29-20-4-3-16(10-27)9-19(20)26)33-22-17-11-30(12-18(22)14-32-13-17)24(31)34-25(2)6-7-25/h3-5,8-9,17-18,22H,6-7,11-14H2,1-2H3,(H,28,29). The Morgan fingerprint density at radius 3 is 2.68 bits per heavy atom. The predicted octanol–water partition coefficient (Wildman–Crippen LogP) is 4.67. The van der Waals surface area contributed by atoms with Crippen molar-refractivity contribution in [1.29, 1.82) is 5.26 Å². The van der Waals surface area contributed by atoms with Crippen LogP contribution in [-0.4, -0.2) is 54.0 Å². The number of nitriles is 1. The highest BCUT2D eigenvalue weighted by atomic mass is 35.5. The van der Waals surface area contributed by atoms with E-state index in [-0.39, 0.29) is 29.6 Å². The number of ether oxygens (including phenoxy) is 3. The summed E-state index contributed by atoms with van der Waals surface area (Å²) in [6, 6.07) is 9.01. The summed E-state index contributed by atoms with van der Waals surface area (Å²) in [6.07, 6.45) is 3.25. The fourth-order valence-corrected chi connectivity index (χ4v) is 4.75. The zero-order chi connectivity index (χ0) is 23.9. The molecule has 1 amide bonds. The number of piperidine rings is 1. The topological polar surface area (TPSA) is 96.7 Å². The monoisotopic (exact) mass is 482 g/mol. The van der Waals surface area contributed by atoms with Crippen LogP contribution < -0.4 is 10.1 Å². The zero-order valence-corrected chi connectivity index (χ0v) is 20.0. The predicted molar refractivity (Wildman–Crippen MR) is 126 cm³/mol. The van der Waals surface area contributed by atoms with Crippen LogP contribution in [0.4, 0.5) is 16.3 Å². The highest BCUT2D eigenvalue weighted by Gasteiger charge is 2.47. The van der Waals surface area contributed by atoms with Gasteiger partial charge in [-0.2, -0.15) is 5.26 Å². The minimum atomic E-state index is -0.286. The van der Waals surface area contributed by atoms with Crippen LogP contribution in [0, 0.1) is 30.1 Å². The molecular formula is C25H27ClN4O4. The van der Waals surface area contributed by atoms with Crippen molar-refractivity contribution in [3.8, 4) is 11.8 Å². The smallest absolute Gasteiger partial charge is 0.410 e. The molecule has 0 radical (unpaired) electrons. The molecule has 2 atom stereocenters. The van der Waals surface area contributed by atoms with E-state index in [2.05, 4.69) is 16.4 Å². The molecule has 9 heteroatoms. The van der Waals surface area contributed by atoms with Crippen molar-refractivity contribution in [3.05, 3.63) is 46.6 Å². The van der Waals surface area contributed by atoms with Gasteiger partial charge < -0.3 is 24.4 Å². The van der Waals surface area contributed by atoms with Crippen molar-refractivity contribution in [3.63, 3.8) is 0 Å². The number of anilines is 2. The molecule has 8 nitrogen and oxygen atoms in total. The minimum absolute atomic E-state index is 0.0593. The maximum Gasteiger partial charge on any atom is 0.410 e. The summed E-state index contributed by atoms with van der Waals surface area (Å²) in [7, 11) is 0. The first-order chi connectivity index (χ1) is 16.3. The molecule has 2 bridgehead atoms. The fraction of sp³-hybridized carbons (Fsp3) is 0.480. The van der Waals surface area contributed by atoms with E-state index in [9.17, 15) is 4.79 Å². The molecule has 3 heterocycles. The number of hydrogen-bond acceptors (Lipinski definition) is 7. The van der Waals surface area contributed by atoms with Crippen LogP contribution in [0.5, 0.6) is 5.75 Å². The van der Waals surface area contributed by atoms with E-state index in [1.165, 1.54) is 0 Å². The number of nitrogens with one attached hydrogen (secondary N) is 1. The zero-order valence-electron chi connectivity index (χ0n) is 19.2. The van der Waals surface area contributed by atoms with Crippen LogP contribution in [0.25, 0.3) is 0 Å². The quantitative estimate of drug-likeness (QED) is 0.661. The van der Waals surface area contributed by atoms with Gasteiger partial charge in [0.25, 0.3) is 0 Å². The highest BCUT2D eigenvalue weighted by Crippen LogP contribution is 2.40. The van der Waals surface area contributed by atoms with Crippen molar-refractivity contribution in [1.82, 2.24) is 9.88 Å². The number of halogens is 1. The van der Waals surface area contributed by atoms with Gasteiger partial charge in [0.2, 0.25) is 0 Å². The van der Waals surface area contributed by atoms with Crippen molar-refractivity contribution in [2.75, 3.05) is 31.6 Å². The number of amides is 1. The lowest BCUT2D eigenvalue weighted by atomic mass is 9.84. The molecule has 2 unspecified atom stereocenters. The molecule has 1 aromatic heterocycles. The first-order valence-electron chi connectivity index (χ1n) is 11.5. The molecule has 1 aliphatic carbocycles. The third-order valence-electron chi connectivity index (χ3n) is 6.82. The van der Waals surface area contributed by atoms with Crippen molar-refractivity contribution in [2.24, 2.45) is 11.8 Å². The Hall–Kier alpha value is -3.02. The summed E-state index contributed by atoms with van der Waals surface area (Å²) < 4.78 is 18.0. The van der Waals surface area contributed by atoms with E-state index in [0.717, 1.165) is 24.2 Å². The maximum atomic E-state index is 12.7. The van der Waals surface area contributed by atoms with Crippen LogP contribution in [0.15, 0.2) is 30.5 Å². The number of nitrogens with zero attached hydrogens (tertiary/aromatic N) is 3. The van der Waals surface area contributed by atoms with Gasteiger partial charge in [-0.15, -0.1) is 0 Å². The minimum Gasteiger partial charge on any atom is -0.489 e. The molecule has 1 saturated carbocycles. The van der Waals surface area contributed by atoms with Gasteiger partial charge in [-0.05, 0) is 51.0 Å². The van der Waals surface area contributed by atoms with E-state index < -0.39 is 0 Å². The van der Waals surface area contributed by atoms with E-state index in [0.29, 0.717) is 48.4 Å². The van der Waals surface area contributed by atoms with Gasteiger partial charge in [0, 0.05) is 36.7 Å². The molecule has 0 spiro atoms. The van der Waals surface area contributed by atoms with Gasteiger partial charge in [0.05, 0.1) is 35.6 Å². The second-order valence-electron chi connectivity index (χ2n) is 9.58. The molecule has 1 aromatic carbocycles. The number of benzene rings is 1. The number of rotatable bonds is 5. The molecule has 34 heavy (non-hydrogen) atoms. The van der Waals surface area contributed by atoms with Gasteiger partial charge in [-0.25, -0.2) is 9.78 Å². The van der Waals surface area contributed by atoms with Gasteiger partial charge >= 0.3 is 6.09 Å². The van der Waals surface area contributed by atoms with E-state index >= 15 is 0 Å². The molecule has 3 fully saturated rings. The normalized spacial score (nSPS) is 24.6. The van der Waals surface area contributed by atoms with Crippen molar-refractivity contribution >= 4 is 29.2 Å². The number of fused-ring (bicyclic) bond motifs is 2. The Balaban J connectivity index is 1.30. The lowest BCUT2D eigenvalue weighted by molar-refractivity contribution is -0.110. The molecule has 178 valence electrons. The average Bonchev–Trinajstić information content (AvgIpc) is 3.53. The second-order valence-corrected chi connectivity index (χ2v) is 9.98. The number of aromatic nitrogens is 1. The Morgan fingerprint density at radius 2 is 2.03 bits per heavy atom. The Morgan fingerprint density at radius 1 is 1.29 bits per heavy atom. The lowest BCUT2D eigenvalue weighted by Crippen LogP contribution is -2.59. The first-order valence-corrected chi connectivity index (χ1v) is 11.9. The third kappa shape index (κ3) is 4.63. The van der Waals surface area contributed by atoms with E-state index in [1.807, 2.05) is 19.9 Å². The van der Waals surface area contributed by atoms with Crippen LogP contribution in [0.2, 0.25) is 5.02 Å². The summed E-state index contributed by atoms with van der Waals surface area (Å²) in [4.78, 5) is 18.9. The van der Waals surface area contributed by atoms with Crippen LogP contribution in [-0.2, 0) is 9.47 Å². The largest absolute Gasteiger partial charge is 0.489 e.